The number of carboxylic acid groups (broad SMARTS) is 1. The zero-order valence-electron chi connectivity index (χ0n) is 7.81. The van der Waals surface area contributed by atoms with Gasteiger partial charge in [0.05, 0.1) is 6.16 Å². The van der Waals surface area contributed by atoms with E-state index in [1.165, 1.54) is 14.2 Å². The van der Waals surface area contributed by atoms with Gasteiger partial charge in [0, 0.05) is 20.3 Å². The summed E-state index contributed by atoms with van der Waals surface area (Å²) in [5.41, 5.74) is 0.444. The van der Waals surface area contributed by atoms with Gasteiger partial charge in [-0.3, -0.25) is 4.57 Å². The van der Waals surface area contributed by atoms with Gasteiger partial charge >= 0.3 is 13.6 Å². The number of aliphatic carboxylic acids is 1. The van der Waals surface area contributed by atoms with E-state index in [1.807, 2.05) is 0 Å². The van der Waals surface area contributed by atoms with E-state index in [2.05, 4.69) is 9.05 Å². The third-order valence-electron chi connectivity index (χ3n) is 1.37. The van der Waals surface area contributed by atoms with Gasteiger partial charge in [-0.25, -0.2) is 4.79 Å². The van der Waals surface area contributed by atoms with Crippen LogP contribution >= 0.6 is 7.60 Å². The van der Waals surface area contributed by atoms with Gasteiger partial charge in [-0.1, -0.05) is 5.57 Å². The number of carboxylic acids is 1. The summed E-state index contributed by atoms with van der Waals surface area (Å²) in [4.78, 5) is 10.2. The number of hydrogen-bond donors (Lipinski definition) is 1. The molecule has 0 amide bonds. The largest absolute Gasteiger partial charge is 0.478 e. The predicted octanol–water partition coefficient (Wildman–Crippen LogP) is 1.50. The first kappa shape index (κ1) is 12.4. The molecule has 0 saturated carbocycles. The molecule has 0 atom stereocenters. The molecule has 0 fully saturated rings. The van der Waals surface area contributed by atoms with Crippen LogP contribution in [0.1, 0.15) is 6.92 Å². The van der Waals surface area contributed by atoms with Crippen molar-refractivity contribution in [2.24, 2.45) is 0 Å². The Balaban J connectivity index is 4.42. The molecule has 1 N–H and O–H groups in total. The van der Waals surface area contributed by atoms with Crippen LogP contribution in [0.15, 0.2) is 11.6 Å². The van der Waals surface area contributed by atoms with Crippen molar-refractivity contribution >= 4 is 13.6 Å². The van der Waals surface area contributed by atoms with Gasteiger partial charge < -0.3 is 14.2 Å². The highest BCUT2D eigenvalue weighted by Gasteiger charge is 2.21. The lowest BCUT2D eigenvalue weighted by Gasteiger charge is -2.12. The maximum Gasteiger partial charge on any atom is 0.334 e. The third-order valence-corrected chi connectivity index (χ3v) is 3.37. The van der Waals surface area contributed by atoms with Crippen LogP contribution in [0.5, 0.6) is 0 Å². The molecule has 0 saturated heterocycles. The first-order valence-corrected chi connectivity index (χ1v) is 5.27. The summed E-state index contributed by atoms with van der Waals surface area (Å²) >= 11 is 0. The average Bonchev–Trinajstić information content (AvgIpc) is 2.02. The van der Waals surface area contributed by atoms with Crippen LogP contribution in [0.4, 0.5) is 0 Å². The minimum atomic E-state index is -3.13. The van der Waals surface area contributed by atoms with Crippen molar-refractivity contribution < 1.29 is 23.5 Å². The Morgan fingerprint density at radius 2 is 1.92 bits per heavy atom. The molecule has 0 radical (unpaired) electrons. The molecule has 0 aromatic rings. The number of rotatable bonds is 5. The van der Waals surface area contributed by atoms with Gasteiger partial charge in [0.25, 0.3) is 0 Å². The minimum absolute atomic E-state index is 0.00764. The monoisotopic (exact) mass is 208 g/mol. The highest BCUT2D eigenvalue weighted by Crippen LogP contribution is 2.47. The predicted molar refractivity (Wildman–Crippen MR) is 47.9 cm³/mol. The first-order valence-electron chi connectivity index (χ1n) is 3.54. The van der Waals surface area contributed by atoms with Gasteiger partial charge in [-0.2, -0.15) is 0 Å². The van der Waals surface area contributed by atoms with E-state index in [0.29, 0.717) is 5.57 Å². The van der Waals surface area contributed by atoms with Crippen molar-refractivity contribution in [3.8, 4) is 0 Å². The summed E-state index contributed by atoms with van der Waals surface area (Å²) in [6.45, 7) is 1.55. The molecule has 0 spiro atoms. The second-order valence-electron chi connectivity index (χ2n) is 2.46. The zero-order valence-corrected chi connectivity index (χ0v) is 8.71. The first-order chi connectivity index (χ1) is 5.93. The molecule has 0 aliphatic rings. The lowest BCUT2D eigenvalue weighted by atomic mass is 10.3. The van der Waals surface area contributed by atoms with Crippen molar-refractivity contribution in [3.63, 3.8) is 0 Å². The van der Waals surface area contributed by atoms with E-state index in [4.69, 9.17) is 5.11 Å². The molecule has 0 bridgehead atoms. The topological polar surface area (TPSA) is 72.8 Å². The summed E-state index contributed by atoms with van der Waals surface area (Å²) in [5.74, 6) is -1.07. The summed E-state index contributed by atoms with van der Waals surface area (Å²) < 4.78 is 20.7. The van der Waals surface area contributed by atoms with Crippen molar-refractivity contribution in [1.82, 2.24) is 0 Å². The molecule has 0 heterocycles. The Kier molecular flexibility index (Phi) is 4.91. The Hall–Kier alpha value is -0.640. The average molecular weight is 208 g/mol. The molecular weight excluding hydrogens is 195 g/mol. The van der Waals surface area contributed by atoms with Gasteiger partial charge in [0.15, 0.2) is 0 Å². The highest BCUT2D eigenvalue weighted by atomic mass is 31.2. The smallest absolute Gasteiger partial charge is 0.334 e. The molecule has 0 aromatic carbocycles. The molecule has 13 heavy (non-hydrogen) atoms. The molecule has 5 nitrogen and oxygen atoms in total. The zero-order chi connectivity index (χ0) is 10.5. The van der Waals surface area contributed by atoms with Gasteiger partial charge in [0.2, 0.25) is 0 Å². The molecule has 0 aliphatic heterocycles. The molecule has 0 rings (SSSR count). The maximum absolute atomic E-state index is 11.5. The fourth-order valence-corrected chi connectivity index (χ4v) is 1.87. The Morgan fingerprint density at radius 1 is 1.46 bits per heavy atom. The molecule has 0 unspecified atom stereocenters. The SMILES string of the molecule is COP(=O)(C/C(C)=C\C(=O)O)OC. The lowest BCUT2D eigenvalue weighted by molar-refractivity contribution is -0.131. The van der Waals surface area contributed by atoms with E-state index in [1.54, 1.807) is 6.92 Å². The molecule has 0 aliphatic carbocycles. The van der Waals surface area contributed by atoms with E-state index < -0.39 is 13.6 Å². The second-order valence-corrected chi connectivity index (χ2v) is 4.73. The van der Waals surface area contributed by atoms with Crippen LogP contribution in [-0.4, -0.2) is 31.5 Å². The van der Waals surface area contributed by atoms with Gasteiger partial charge in [-0.15, -0.1) is 0 Å². The van der Waals surface area contributed by atoms with Gasteiger partial charge in [0.1, 0.15) is 0 Å². The Morgan fingerprint density at radius 3 is 2.23 bits per heavy atom. The standard InChI is InChI=1S/C7H13O5P/c1-6(4-7(8)9)5-13(10,11-2)12-3/h4H,5H2,1-3H3,(H,8,9)/b6-4-. The summed E-state index contributed by atoms with van der Waals surface area (Å²) in [6.07, 6.45) is 0.969. The van der Waals surface area contributed by atoms with E-state index in [0.717, 1.165) is 6.08 Å². The van der Waals surface area contributed by atoms with Crippen LogP contribution in [-0.2, 0) is 18.4 Å². The molecule has 76 valence electrons. The van der Waals surface area contributed by atoms with Crippen molar-refractivity contribution in [1.29, 1.82) is 0 Å². The number of allylic oxidation sites excluding steroid dienone is 1. The number of carbonyl (C=O) groups is 1. The summed E-state index contributed by atoms with van der Waals surface area (Å²) in [7, 11) is -0.601. The van der Waals surface area contributed by atoms with Crippen LogP contribution in [0.25, 0.3) is 0 Å². The summed E-state index contributed by atoms with van der Waals surface area (Å²) in [5, 5.41) is 8.38. The van der Waals surface area contributed by atoms with E-state index in [-0.39, 0.29) is 6.16 Å². The van der Waals surface area contributed by atoms with Crippen molar-refractivity contribution in [3.05, 3.63) is 11.6 Å². The normalized spacial score (nSPS) is 13.0. The fraction of sp³-hybridized carbons (Fsp3) is 0.571. The lowest BCUT2D eigenvalue weighted by Crippen LogP contribution is -1.98. The third kappa shape index (κ3) is 4.83. The molecule has 6 heteroatoms. The Labute approximate surface area is 76.9 Å². The van der Waals surface area contributed by atoms with E-state index in [9.17, 15) is 9.36 Å². The molecule has 0 aromatic heterocycles. The van der Waals surface area contributed by atoms with Crippen LogP contribution in [0, 0.1) is 0 Å². The Bertz CT molecular complexity index is 250. The fourth-order valence-electron chi connectivity index (χ4n) is 0.766. The summed E-state index contributed by atoms with van der Waals surface area (Å²) in [6, 6.07) is 0. The number of hydrogen-bond acceptors (Lipinski definition) is 4. The van der Waals surface area contributed by atoms with Crippen molar-refractivity contribution in [2.75, 3.05) is 20.4 Å². The quantitative estimate of drug-likeness (QED) is 0.547. The van der Waals surface area contributed by atoms with Crippen LogP contribution in [0.3, 0.4) is 0 Å². The highest BCUT2D eigenvalue weighted by molar-refractivity contribution is 7.54. The van der Waals surface area contributed by atoms with Crippen LogP contribution in [0.2, 0.25) is 0 Å². The molecular formula is C7H13O5P. The van der Waals surface area contributed by atoms with E-state index >= 15 is 0 Å². The van der Waals surface area contributed by atoms with Gasteiger partial charge in [-0.05, 0) is 6.92 Å². The van der Waals surface area contributed by atoms with Crippen LogP contribution < -0.4 is 0 Å². The van der Waals surface area contributed by atoms with Crippen molar-refractivity contribution in [2.45, 2.75) is 6.92 Å². The second kappa shape index (κ2) is 5.17. The minimum Gasteiger partial charge on any atom is -0.478 e. The maximum atomic E-state index is 11.5.